The lowest BCUT2D eigenvalue weighted by Gasteiger charge is -2.12. The van der Waals surface area contributed by atoms with E-state index >= 15 is 0 Å². The molecule has 0 spiro atoms. The number of anilines is 1. The molecule has 0 atom stereocenters. The Kier molecular flexibility index (Phi) is 5.47. The van der Waals surface area contributed by atoms with Gasteiger partial charge < -0.3 is 15.8 Å². The second-order valence-electron chi connectivity index (χ2n) is 4.37. The van der Waals surface area contributed by atoms with Crippen LogP contribution in [0.5, 0.6) is 5.75 Å². The van der Waals surface area contributed by atoms with Gasteiger partial charge in [-0.05, 0) is 37.6 Å². The first-order valence-electron chi connectivity index (χ1n) is 6.65. The van der Waals surface area contributed by atoms with Crippen LogP contribution in [0.25, 0.3) is 0 Å². The van der Waals surface area contributed by atoms with E-state index < -0.39 is 0 Å². The number of nitrogens with two attached hydrogens (primary N) is 1. The molecule has 1 aromatic heterocycles. The Balaban J connectivity index is 1.98. The van der Waals surface area contributed by atoms with Crippen molar-refractivity contribution in [1.29, 1.82) is 0 Å². The van der Waals surface area contributed by atoms with E-state index in [0.717, 1.165) is 15.6 Å². The first kappa shape index (κ1) is 15.7. The summed E-state index contributed by atoms with van der Waals surface area (Å²) in [6.07, 6.45) is 0.745. The van der Waals surface area contributed by atoms with E-state index in [2.05, 4.69) is 5.32 Å². The van der Waals surface area contributed by atoms with Crippen molar-refractivity contribution in [3.63, 3.8) is 0 Å². The minimum atomic E-state index is -0.187. The van der Waals surface area contributed by atoms with Crippen LogP contribution < -0.4 is 15.8 Å². The van der Waals surface area contributed by atoms with Crippen LogP contribution in [-0.4, -0.2) is 19.1 Å². The molecule has 0 saturated heterocycles. The number of benzene rings is 1. The summed E-state index contributed by atoms with van der Waals surface area (Å²) in [5.74, 6) is 0.255. The summed E-state index contributed by atoms with van der Waals surface area (Å²) in [6.45, 7) is 2.85. The van der Waals surface area contributed by atoms with Crippen LogP contribution in [0.4, 0.5) is 5.69 Å². The third kappa shape index (κ3) is 4.12. The molecule has 1 heterocycles. The number of nitrogen functional groups attached to an aromatic ring is 1. The molecule has 2 rings (SSSR count). The van der Waals surface area contributed by atoms with Gasteiger partial charge in [-0.2, -0.15) is 0 Å². The van der Waals surface area contributed by atoms with E-state index in [1.165, 1.54) is 11.3 Å². The number of hydrogen-bond acceptors (Lipinski definition) is 4. The number of thiophene rings is 1. The molecule has 2 aromatic rings. The zero-order valence-corrected chi connectivity index (χ0v) is 13.3. The van der Waals surface area contributed by atoms with Crippen LogP contribution in [0.3, 0.4) is 0 Å². The van der Waals surface area contributed by atoms with Crippen LogP contribution in [0, 0.1) is 0 Å². The Morgan fingerprint density at radius 1 is 1.38 bits per heavy atom. The van der Waals surface area contributed by atoms with Crippen LogP contribution in [0.1, 0.15) is 22.2 Å². The third-order valence-corrected chi connectivity index (χ3v) is 4.16. The zero-order chi connectivity index (χ0) is 15.2. The Hall–Kier alpha value is -1.72. The molecule has 112 valence electrons. The first-order chi connectivity index (χ1) is 10.1. The maximum Gasteiger partial charge on any atom is 0.255 e. The fraction of sp³-hybridized carbons (Fsp3) is 0.267. The molecule has 0 aliphatic carbocycles. The molecule has 21 heavy (non-hydrogen) atoms. The third-order valence-electron chi connectivity index (χ3n) is 2.86. The lowest BCUT2D eigenvalue weighted by atomic mass is 10.1. The standard InChI is InChI=1S/C15H17ClN2O2S/c1-2-20-14-11(4-3-5-12(14)17)15(19)18-9-8-10-6-7-13(16)21-10/h3-7H,2,8-9,17H2,1H3,(H,18,19). The Bertz CT molecular complexity index is 628. The molecule has 0 saturated carbocycles. The van der Waals surface area contributed by atoms with E-state index in [-0.39, 0.29) is 5.91 Å². The summed E-state index contributed by atoms with van der Waals surface area (Å²) in [7, 11) is 0. The van der Waals surface area contributed by atoms with Crippen LogP contribution >= 0.6 is 22.9 Å². The molecule has 6 heteroatoms. The van der Waals surface area contributed by atoms with Crippen molar-refractivity contribution in [2.24, 2.45) is 0 Å². The fourth-order valence-electron chi connectivity index (χ4n) is 1.92. The second-order valence-corrected chi connectivity index (χ2v) is 6.17. The largest absolute Gasteiger partial charge is 0.491 e. The molecule has 0 aliphatic heterocycles. The Morgan fingerprint density at radius 3 is 2.86 bits per heavy atom. The topological polar surface area (TPSA) is 64.3 Å². The highest BCUT2D eigenvalue weighted by Crippen LogP contribution is 2.26. The van der Waals surface area contributed by atoms with Crippen molar-refractivity contribution in [1.82, 2.24) is 5.32 Å². The number of carbonyl (C=O) groups excluding carboxylic acids is 1. The average Bonchev–Trinajstić information content (AvgIpc) is 2.87. The maximum atomic E-state index is 12.2. The van der Waals surface area contributed by atoms with Gasteiger partial charge in [0, 0.05) is 11.4 Å². The van der Waals surface area contributed by atoms with Crippen LogP contribution in [-0.2, 0) is 6.42 Å². The van der Waals surface area contributed by atoms with Gasteiger partial charge in [0.25, 0.3) is 5.91 Å². The summed E-state index contributed by atoms with van der Waals surface area (Å²) >= 11 is 7.39. The van der Waals surface area contributed by atoms with Gasteiger partial charge >= 0.3 is 0 Å². The number of ether oxygens (including phenoxy) is 1. The van der Waals surface area contributed by atoms with Gasteiger partial charge in [-0.25, -0.2) is 0 Å². The van der Waals surface area contributed by atoms with E-state index in [9.17, 15) is 4.79 Å². The SMILES string of the molecule is CCOc1c(N)cccc1C(=O)NCCc1ccc(Cl)s1. The van der Waals surface area contributed by atoms with E-state index in [1.54, 1.807) is 18.2 Å². The predicted octanol–water partition coefficient (Wildman–Crippen LogP) is 3.35. The van der Waals surface area contributed by atoms with Gasteiger partial charge in [-0.15, -0.1) is 11.3 Å². The van der Waals surface area contributed by atoms with Gasteiger partial charge in [0.2, 0.25) is 0 Å². The molecule has 0 radical (unpaired) electrons. The molecular weight excluding hydrogens is 308 g/mol. The number of rotatable bonds is 6. The van der Waals surface area contributed by atoms with Gasteiger partial charge in [-0.3, -0.25) is 4.79 Å². The first-order valence-corrected chi connectivity index (χ1v) is 7.85. The molecule has 0 unspecified atom stereocenters. The Morgan fingerprint density at radius 2 is 2.19 bits per heavy atom. The highest BCUT2D eigenvalue weighted by molar-refractivity contribution is 7.16. The van der Waals surface area contributed by atoms with E-state index in [1.807, 2.05) is 19.1 Å². The van der Waals surface area contributed by atoms with Gasteiger partial charge in [0.15, 0.2) is 5.75 Å². The Labute approximate surface area is 132 Å². The lowest BCUT2D eigenvalue weighted by Crippen LogP contribution is -2.26. The summed E-state index contributed by atoms with van der Waals surface area (Å²) in [5.41, 5.74) is 6.78. The van der Waals surface area contributed by atoms with Gasteiger partial charge in [0.05, 0.1) is 22.2 Å². The molecule has 1 amide bonds. The number of amides is 1. The molecular formula is C15H17ClN2O2S. The molecule has 1 aromatic carbocycles. The van der Waals surface area contributed by atoms with Crippen LogP contribution in [0.15, 0.2) is 30.3 Å². The number of hydrogen-bond donors (Lipinski definition) is 2. The summed E-state index contributed by atoms with van der Waals surface area (Å²) < 4.78 is 6.21. The van der Waals surface area contributed by atoms with Crippen LogP contribution in [0.2, 0.25) is 4.34 Å². The normalized spacial score (nSPS) is 10.4. The van der Waals surface area contributed by atoms with Crippen molar-refractivity contribution in [3.05, 3.63) is 45.1 Å². The van der Waals surface area contributed by atoms with E-state index in [0.29, 0.717) is 30.2 Å². The quantitative estimate of drug-likeness (QED) is 0.801. The molecule has 0 aliphatic rings. The number of halogens is 1. The summed E-state index contributed by atoms with van der Waals surface area (Å²) in [6, 6.07) is 8.99. The maximum absolute atomic E-state index is 12.2. The smallest absolute Gasteiger partial charge is 0.255 e. The highest BCUT2D eigenvalue weighted by atomic mass is 35.5. The lowest BCUT2D eigenvalue weighted by molar-refractivity contribution is 0.0950. The van der Waals surface area contributed by atoms with Gasteiger partial charge in [0.1, 0.15) is 0 Å². The minimum absolute atomic E-state index is 0.187. The van der Waals surface area contributed by atoms with E-state index in [4.69, 9.17) is 22.1 Å². The average molecular weight is 325 g/mol. The zero-order valence-electron chi connectivity index (χ0n) is 11.7. The molecule has 4 nitrogen and oxygen atoms in total. The van der Waals surface area contributed by atoms with Crippen molar-refractivity contribution >= 4 is 34.5 Å². The summed E-state index contributed by atoms with van der Waals surface area (Å²) in [4.78, 5) is 13.4. The van der Waals surface area contributed by atoms with Crippen molar-refractivity contribution in [2.45, 2.75) is 13.3 Å². The van der Waals surface area contributed by atoms with Crippen molar-refractivity contribution < 1.29 is 9.53 Å². The molecule has 3 N–H and O–H groups in total. The molecule has 0 fully saturated rings. The minimum Gasteiger partial charge on any atom is -0.491 e. The van der Waals surface area contributed by atoms with Crippen molar-refractivity contribution in [3.8, 4) is 5.75 Å². The second kappa shape index (κ2) is 7.33. The van der Waals surface area contributed by atoms with Gasteiger partial charge in [-0.1, -0.05) is 17.7 Å². The number of carbonyl (C=O) groups is 1. The summed E-state index contributed by atoms with van der Waals surface area (Å²) in [5, 5.41) is 2.87. The highest BCUT2D eigenvalue weighted by Gasteiger charge is 2.14. The monoisotopic (exact) mass is 324 g/mol. The number of nitrogens with one attached hydrogen (secondary N) is 1. The number of para-hydroxylation sites is 1. The predicted molar refractivity (Wildman–Crippen MR) is 87.4 cm³/mol. The van der Waals surface area contributed by atoms with Crippen molar-refractivity contribution in [2.75, 3.05) is 18.9 Å². The molecule has 0 bridgehead atoms. The fourth-order valence-corrected chi connectivity index (χ4v) is 3.01.